The predicted molar refractivity (Wildman–Crippen MR) is 66.5 cm³/mol. The fourth-order valence-corrected chi connectivity index (χ4v) is 3.24. The van der Waals surface area contributed by atoms with Crippen LogP contribution >= 0.6 is 0 Å². The molecule has 1 N–H and O–H groups in total. The molecule has 1 heterocycles. The molecular weight excluding hydrogens is 271 g/mol. The van der Waals surface area contributed by atoms with E-state index < -0.39 is 11.8 Å². The SMILES string of the molecule is O=C1Nc2ccc(OC(F)(F)F)cc2C12CCCCC2. The van der Waals surface area contributed by atoms with Gasteiger partial charge in [0.15, 0.2) is 0 Å². The molecular formula is C14H14F3NO2. The maximum Gasteiger partial charge on any atom is 0.573 e. The maximum atomic E-state index is 12.3. The summed E-state index contributed by atoms with van der Waals surface area (Å²) in [5.41, 5.74) is 0.578. The summed E-state index contributed by atoms with van der Waals surface area (Å²) in [6.45, 7) is 0. The number of fused-ring (bicyclic) bond motifs is 2. The molecule has 0 radical (unpaired) electrons. The minimum absolute atomic E-state index is 0.101. The number of hydrogen-bond donors (Lipinski definition) is 1. The minimum Gasteiger partial charge on any atom is -0.406 e. The number of alkyl halides is 3. The Hall–Kier alpha value is -1.72. The normalized spacial score (nSPS) is 20.6. The van der Waals surface area contributed by atoms with Crippen molar-refractivity contribution < 1.29 is 22.7 Å². The van der Waals surface area contributed by atoms with Crippen molar-refractivity contribution in [2.45, 2.75) is 43.9 Å². The molecule has 3 nitrogen and oxygen atoms in total. The first-order chi connectivity index (χ1) is 9.41. The number of ether oxygens (including phenoxy) is 1. The van der Waals surface area contributed by atoms with Crippen molar-refractivity contribution in [2.75, 3.05) is 5.32 Å². The van der Waals surface area contributed by atoms with Crippen LogP contribution in [0.5, 0.6) is 5.75 Å². The van der Waals surface area contributed by atoms with Gasteiger partial charge in [-0.1, -0.05) is 19.3 Å². The van der Waals surface area contributed by atoms with Crippen LogP contribution < -0.4 is 10.1 Å². The highest BCUT2D eigenvalue weighted by Crippen LogP contribution is 2.48. The second-order valence-electron chi connectivity index (χ2n) is 5.35. The van der Waals surface area contributed by atoms with E-state index in [9.17, 15) is 18.0 Å². The Morgan fingerprint density at radius 1 is 1.15 bits per heavy atom. The zero-order valence-corrected chi connectivity index (χ0v) is 10.7. The number of amides is 1. The van der Waals surface area contributed by atoms with Crippen molar-refractivity contribution >= 4 is 11.6 Å². The van der Waals surface area contributed by atoms with Gasteiger partial charge >= 0.3 is 6.36 Å². The first kappa shape index (κ1) is 13.3. The molecule has 3 rings (SSSR count). The third kappa shape index (κ3) is 2.13. The Bertz CT molecular complexity index is 548. The van der Waals surface area contributed by atoms with Gasteiger partial charge in [-0.3, -0.25) is 4.79 Å². The van der Waals surface area contributed by atoms with Crippen molar-refractivity contribution in [1.82, 2.24) is 0 Å². The van der Waals surface area contributed by atoms with Crippen LogP contribution in [0.3, 0.4) is 0 Å². The molecule has 0 bridgehead atoms. The fourth-order valence-electron chi connectivity index (χ4n) is 3.24. The average Bonchev–Trinajstić information content (AvgIpc) is 2.63. The lowest BCUT2D eigenvalue weighted by Gasteiger charge is -2.31. The summed E-state index contributed by atoms with van der Waals surface area (Å²) < 4.78 is 40.9. The Morgan fingerprint density at radius 2 is 1.85 bits per heavy atom. The smallest absolute Gasteiger partial charge is 0.406 e. The molecule has 0 aromatic heterocycles. The number of rotatable bonds is 1. The molecule has 1 aliphatic heterocycles. The Balaban J connectivity index is 1.99. The van der Waals surface area contributed by atoms with E-state index in [-0.39, 0.29) is 11.7 Å². The highest BCUT2D eigenvalue weighted by molar-refractivity contribution is 6.06. The van der Waals surface area contributed by atoms with Crippen LogP contribution in [0.15, 0.2) is 18.2 Å². The molecule has 1 aromatic rings. The van der Waals surface area contributed by atoms with E-state index in [2.05, 4.69) is 10.1 Å². The van der Waals surface area contributed by atoms with Crippen molar-refractivity contribution in [2.24, 2.45) is 0 Å². The summed E-state index contributed by atoms with van der Waals surface area (Å²) in [5.74, 6) is -0.367. The van der Waals surface area contributed by atoms with E-state index >= 15 is 0 Å². The van der Waals surface area contributed by atoms with E-state index in [1.165, 1.54) is 18.2 Å². The molecule has 1 aliphatic carbocycles. The number of nitrogens with one attached hydrogen (secondary N) is 1. The summed E-state index contributed by atoms with van der Waals surface area (Å²) >= 11 is 0. The molecule has 1 saturated carbocycles. The number of carbonyl (C=O) groups is 1. The fraction of sp³-hybridized carbons (Fsp3) is 0.500. The maximum absolute atomic E-state index is 12.3. The van der Waals surface area contributed by atoms with Gasteiger partial charge < -0.3 is 10.1 Å². The minimum atomic E-state index is -4.72. The molecule has 2 aliphatic rings. The van der Waals surface area contributed by atoms with Gasteiger partial charge in [0.05, 0.1) is 5.41 Å². The van der Waals surface area contributed by atoms with E-state index in [0.29, 0.717) is 24.1 Å². The molecule has 1 fully saturated rings. The number of carbonyl (C=O) groups excluding carboxylic acids is 1. The topological polar surface area (TPSA) is 38.3 Å². The van der Waals surface area contributed by atoms with Gasteiger partial charge in [0.1, 0.15) is 5.75 Å². The Morgan fingerprint density at radius 3 is 2.50 bits per heavy atom. The van der Waals surface area contributed by atoms with Crippen LogP contribution in [0.1, 0.15) is 37.7 Å². The van der Waals surface area contributed by atoms with Crippen LogP contribution in [0.25, 0.3) is 0 Å². The molecule has 1 aromatic carbocycles. The van der Waals surface area contributed by atoms with Crippen molar-refractivity contribution in [3.8, 4) is 5.75 Å². The third-order valence-corrected chi connectivity index (χ3v) is 4.13. The Kier molecular flexibility index (Phi) is 2.92. The predicted octanol–water partition coefficient (Wildman–Crippen LogP) is 3.74. The monoisotopic (exact) mass is 285 g/mol. The summed E-state index contributed by atoms with van der Waals surface area (Å²) in [4.78, 5) is 12.2. The van der Waals surface area contributed by atoms with Crippen molar-refractivity contribution in [1.29, 1.82) is 0 Å². The largest absolute Gasteiger partial charge is 0.573 e. The number of hydrogen-bond acceptors (Lipinski definition) is 2. The van der Waals surface area contributed by atoms with E-state index in [1.54, 1.807) is 0 Å². The first-order valence-electron chi connectivity index (χ1n) is 6.62. The molecule has 20 heavy (non-hydrogen) atoms. The molecule has 0 saturated heterocycles. The highest BCUT2D eigenvalue weighted by atomic mass is 19.4. The van der Waals surface area contributed by atoms with Crippen LogP contribution in [-0.4, -0.2) is 12.3 Å². The number of halogens is 3. The second-order valence-corrected chi connectivity index (χ2v) is 5.35. The van der Waals surface area contributed by atoms with Gasteiger partial charge in [-0.15, -0.1) is 13.2 Å². The van der Waals surface area contributed by atoms with Gasteiger partial charge in [-0.2, -0.15) is 0 Å². The van der Waals surface area contributed by atoms with E-state index in [0.717, 1.165) is 19.3 Å². The lowest BCUT2D eigenvalue weighted by Crippen LogP contribution is -2.36. The van der Waals surface area contributed by atoms with Gasteiger partial charge in [-0.25, -0.2) is 0 Å². The quantitative estimate of drug-likeness (QED) is 0.853. The molecule has 0 atom stereocenters. The highest BCUT2D eigenvalue weighted by Gasteiger charge is 2.47. The zero-order valence-electron chi connectivity index (χ0n) is 10.7. The van der Waals surface area contributed by atoms with E-state index in [4.69, 9.17) is 0 Å². The second kappa shape index (κ2) is 4.40. The lowest BCUT2D eigenvalue weighted by atomic mass is 9.70. The third-order valence-electron chi connectivity index (χ3n) is 4.13. The number of anilines is 1. The molecule has 1 spiro atoms. The van der Waals surface area contributed by atoms with E-state index in [1.807, 2.05) is 0 Å². The molecule has 1 amide bonds. The van der Waals surface area contributed by atoms with Gasteiger partial charge in [0, 0.05) is 5.69 Å². The molecule has 0 unspecified atom stereocenters. The van der Waals surface area contributed by atoms with Crippen LogP contribution in [-0.2, 0) is 10.2 Å². The summed E-state index contributed by atoms with van der Waals surface area (Å²) in [6.07, 6.45) is -0.468. The van der Waals surface area contributed by atoms with Gasteiger partial charge in [0.25, 0.3) is 0 Å². The standard InChI is InChI=1S/C14H14F3NO2/c15-14(16,17)20-9-4-5-11-10(8-9)13(12(19)18-11)6-2-1-3-7-13/h4-5,8H,1-3,6-7H2,(H,18,19). The Labute approximate surface area is 114 Å². The summed E-state index contributed by atoms with van der Waals surface area (Å²) in [5, 5.41) is 2.77. The van der Waals surface area contributed by atoms with Crippen LogP contribution in [0.2, 0.25) is 0 Å². The zero-order chi connectivity index (χ0) is 14.4. The van der Waals surface area contributed by atoms with Crippen LogP contribution in [0, 0.1) is 0 Å². The molecule has 6 heteroatoms. The van der Waals surface area contributed by atoms with Gasteiger partial charge in [0.2, 0.25) is 5.91 Å². The summed E-state index contributed by atoms with van der Waals surface area (Å²) in [7, 11) is 0. The summed E-state index contributed by atoms with van der Waals surface area (Å²) in [6, 6.07) is 4.07. The van der Waals surface area contributed by atoms with Crippen LogP contribution in [0.4, 0.5) is 18.9 Å². The average molecular weight is 285 g/mol. The van der Waals surface area contributed by atoms with Crippen molar-refractivity contribution in [3.05, 3.63) is 23.8 Å². The van der Waals surface area contributed by atoms with Gasteiger partial charge in [-0.05, 0) is 36.6 Å². The molecule has 108 valence electrons. The number of benzene rings is 1. The first-order valence-corrected chi connectivity index (χ1v) is 6.62. The van der Waals surface area contributed by atoms with Crippen molar-refractivity contribution in [3.63, 3.8) is 0 Å². The lowest BCUT2D eigenvalue weighted by molar-refractivity contribution is -0.274.